The van der Waals surface area contributed by atoms with Crippen molar-refractivity contribution in [3.63, 3.8) is 0 Å². The fourth-order valence-electron chi connectivity index (χ4n) is 5.31. The first-order valence-electron chi connectivity index (χ1n) is 12.8. The summed E-state index contributed by atoms with van der Waals surface area (Å²) in [5.74, 6) is -0.435. The van der Waals surface area contributed by atoms with Gasteiger partial charge in [0.15, 0.2) is 17.3 Å². The van der Waals surface area contributed by atoms with Crippen LogP contribution in [0.4, 0.5) is 16.0 Å². The van der Waals surface area contributed by atoms with E-state index in [-0.39, 0.29) is 39.8 Å². The summed E-state index contributed by atoms with van der Waals surface area (Å²) in [7, 11) is 0. The second-order valence-corrected chi connectivity index (χ2v) is 11.1. The van der Waals surface area contributed by atoms with Crippen molar-refractivity contribution in [1.29, 1.82) is 5.26 Å². The van der Waals surface area contributed by atoms with Crippen molar-refractivity contribution in [1.82, 2.24) is 29.6 Å². The van der Waals surface area contributed by atoms with Crippen LogP contribution in [0.3, 0.4) is 0 Å². The molecule has 4 heterocycles. The third-order valence-electron chi connectivity index (χ3n) is 7.63. The second kappa shape index (κ2) is 8.46. The first-order valence-corrected chi connectivity index (χ1v) is 12.8. The SMILES string of the molecule is CC(C)n1c(=O)c2cnc(Nc3ccc4c(c3)CNCC43CC3)nc2n1-c1nc(C(C)(C)C#N)ccc1F. The quantitative estimate of drug-likeness (QED) is 0.408. The summed E-state index contributed by atoms with van der Waals surface area (Å²) in [4.78, 5) is 26.9. The molecule has 6 rings (SSSR count). The minimum Gasteiger partial charge on any atom is -0.324 e. The molecule has 0 unspecified atom stereocenters. The van der Waals surface area contributed by atoms with Crippen LogP contribution in [0.1, 0.15) is 63.4 Å². The largest absolute Gasteiger partial charge is 0.324 e. The van der Waals surface area contributed by atoms with Gasteiger partial charge in [0.05, 0.1) is 17.2 Å². The number of fused-ring (bicyclic) bond motifs is 3. The molecule has 2 aliphatic rings. The lowest BCUT2D eigenvalue weighted by Gasteiger charge is -2.26. The topological polar surface area (TPSA) is 113 Å². The number of benzene rings is 1. The molecule has 0 amide bonds. The fraction of sp³-hybridized carbons (Fsp3) is 0.393. The van der Waals surface area contributed by atoms with Gasteiger partial charge >= 0.3 is 0 Å². The zero-order chi connectivity index (χ0) is 26.8. The summed E-state index contributed by atoms with van der Waals surface area (Å²) >= 11 is 0. The monoisotopic (exact) mass is 512 g/mol. The summed E-state index contributed by atoms with van der Waals surface area (Å²) in [5.41, 5.74) is 3.11. The van der Waals surface area contributed by atoms with E-state index in [0.29, 0.717) is 5.69 Å². The summed E-state index contributed by atoms with van der Waals surface area (Å²) < 4.78 is 18.1. The van der Waals surface area contributed by atoms with Crippen molar-refractivity contribution in [2.45, 2.75) is 64.0 Å². The Kier molecular flexibility index (Phi) is 5.40. The molecule has 0 bridgehead atoms. The maximum Gasteiger partial charge on any atom is 0.278 e. The molecule has 1 fully saturated rings. The minimum atomic E-state index is -0.948. The van der Waals surface area contributed by atoms with Crippen molar-refractivity contribution in [3.05, 3.63) is 69.5 Å². The van der Waals surface area contributed by atoms with Gasteiger partial charge in [0, 0.05) is 36.4 Å². The third-order valence-corrected chi connectivity index (χ3v) is 7.63. The van der Waals surface area contributed by atoms with Crippen molar-refractivity contribution in [2.75, 3.05) is 11.9 Å². The predicted octanol–water partition coefficient (Wildman–Crippen LogP) is 4.38. The van der Waals surface area contributed by atoms with E-state index in [1.165, 1.54) is 51.7 Å². The minimum absolute atomic E-state index is 0.0918. The molecular formula is C28H29FN8O. The van der Waals surface area contributed by atoms with Gasteiger partial charge in [-0.05, 0) is 75.9 Å². The Morgan fingerprint density at radius 1 is 1.21 bits per heavy atom. The average Bonchev–Trinajstić information content (AvgIpc) is 3.60. The number of hydrogen-bond acceptors (Lipinski definition) is 7. The van der Waals surface area contributed by atoms with Crippen molar-refractivity contribution in [2.24, 2.45) is 0 Å². The Hall–Kier alpha value is -4.10. The Labute approximate surface area is 219 Å². The number of halogens is 1. The smallest absolute Gasteiger partial charge is 0.278 e. The fourth-order valence-corrected chi connectivity index (χ4v) is 5.31. The molecule has 2 N–H and O–H groups in total. The third kappa shape index (κ3) is 3.77. The number of hydrogen-bond donors (Lipinski definition) is 2. The zero-order valence-electron chi connectivity index (χ0n) is 21.8. The zero-order valence-corrected chi connectivity index (χ0v) is 21.8. The predicted molar refractivity (Wildman–Crippen MR) is 142 cm³/mol. The Bertz CT molecular complexity index is 1690. The molecule has 1 saturated carbocycles. The summed E-state index contributed by atoms with van der Waals surface area (Å²) in [5, 5.41) is 16.6. The molecule has 0 saturated heterocycles. The molecule has 0 atom stereocenters. The van der Waals surface area contributed by atoms with E-state index in [9.17, 15) is 10.1 Å². The lowest BCUT2D eigenvalue weighted by atomic mass is 9.88. The molecule has 1 aliphatic carbocycles. The van der Waals surface area contributed by atoms with Crippen LogP contribution in [0.5, 0.6) is 0 Å². The van der Waals surface area contributed by atoms with Gasteiger partial charge in [-0.2, -0.15) is 10.2 Å². The van der Waals surface area contributed by atoms with Crippen molar-refractivity contribution >= 4 is 22.7 Å². The molecule has 38 heavy (non-hydrogen) atoms. The summed E-state index contributed by atoms with van der Waals surface area (Å²) in [6.45, 7) is 8.92. The molecule has 10 heteroatoms. The lowest BCUT2D eigenvalue weighted by Crippen LogP contribution is -2.33. The number of nitrogens with one attached hydrogen (secondary N) is 2. The highest BCUT2D eigenvalue weighted by Gasteiger charge is 2.46. The summed E-state index contributed by atoms with van der Waals surface area (Å²) in [6.07, 6.45) is 3.88. The highest BCUT2D eigenvalue weighted by Crippen LogP contribution is 2.50. The van der Waals surface area contributed by atoms with E-state index in [1.807, 2.05) is 19.9 Å². The maximum absolute atomic E-state index is 15.3. The standard InChI is InChI=1S/C28H29FN8O/c1-16(2)36-25(38)19-13-32-26(33-18-5-6-20-17(11-18)12-31-15-28(20)9-10-28)35-23(19)37(36)24-21(29)7-8-22(34-24)27(3,4)14-30/h5-8,11,13,16,31H,9-10,12,15H2,1-4H3,(H,32,33,35). The first-order chi connectivity index (χ1) is 18.1. The number of rotatable bonds is 5. The maximum atomic E-state index is 15.3. The number of aromatic nitrogens is 5. The van der Waals surface area contributed by atoms with Gasteiger partial charge < -0.3 is 10.6 Å². The van der Waals surface area contributed by atoms with E-state index >= 15 is 4.39 Å². The highest BCUT2D eigenvalue weighted by molar-refractivity contribution is 5.77. The molecule has 1 aliphatic heterocycles. The van der Waals surface area contributed by atoms with Gasteiger partial charge in [0.1, 0.15) is 5.39 Å². The summed E-state index contributed by atoms with van der Waals surface area (Å²) in [6, 6.07) is 11.0. The second-order valence-electron chi connectivity index (χ2n) is 11.1. The molecule has 1 aromatic carbocycles. The molecule has 3 aromatic heterocycles. The van der Waals surface area contributed by atoms with E-state index in [0.717, 1.165) is 18.8 Å². The lowest BCUT2D eigenvalue weighted by molar-refractivity contribution is 0.458. The van der Waals surface area contributed by atoms with E-state index in [1.54, 1.807) is 13.8 Å². The van der Waals surface area contributed by atoms with Crippen LogP contribution in [-0.4, -0.2) is 30.9 Å². The average molecular weight is 513 g/mol. The van der Waals surface area contributed by atoms with Crippen molar-refractivity contribution in [3.8, 4) is 11.9 Å². The molecular weight excluding hydrogens is 483 g/mol. The van der Waals surface area contributed by atoms with E-state index in [4.69, 9.17) is 0 Å². The number of nitrogens with zero attached hydrogens (tertiary/aromatic N) is 6. The van der Waals surface area contributed by atoms with Crippen molar-refractivity contribution < 1.29 is 4.39 Å². The van der Waals surface area contributed by atoms with Crippen LogP contribution in [-0.2, 0) is 17.4 Å². The highest BCUT2D eigenvalue weighted by atomic mass is 19.1. The van der Waals surface area contributed by atoms with E-state index < -0.39 is 11.2 Å². The van der Waals surface area contributed by atoms with Crippen LogP contribution in [0.25, 0.3) is 16.9 Å². The van der Waals surface area contributed by atoms with Gasteiger partial charge in [-0.3, -0.25) is 4.79 Å². The van der Waals surface area contributed by atoms with Gasteiger partial charge in [0.25, 0.3) is 5.56 Å². The van der Waals surface area contributed by atoms with Crippen LogP contribution in [0, 0.1) is 17.1 Å². The molecule has 9 nitrogen and oxygen atoms in total. The molecule has 1 spiro atoms. The molecule has 194 valence electrons. The van der Waals surface area contributed by atoms with Gasteiger partial charge in [0.2, 0.25) is 5.95 Å². The molecule has 0 radical (unpaired) electrons. The van der Waals surface area contributed by atoms with Gasteiger partial charge in [-0.15, -0.1) is 0 Å². The van der Waals surface area contributed by atoms with Crippen LogP contribution >= 0.6 is 0 Å². The Balaban J connectivity index is 1.47. The van der Waals surface area contributed by atoms with E-state index in [2.05, 4.69) is 43.8 Å². The number of anilines is 2. The normalized spacial score (nSPS) is 16.0. The molecule has 4 aromatic rings. The van der Waals surface area contributed by atoms with Gasteiger partial charge in [-0.1, -0.05) is 6.07 Å². The van der Waals surface area contributed by atoms with Crippen LogP contribution in [0.15, 0.2) is 41.3 Å². The van der Waals surface area contributed by atoms with Crippen LogP contribution in [0.2, 0.25) is 0 Å². The number of pyridine rings is 1. The Morgan fingerprint density at radius 2 is 2.00 bits per heavy atom. The number of nitriles is 1. The van der Waals surface area contributed by atoms with Crippen LogP contribution < -0.4 is 16.2 Å². The first kappa shape index (κ1) is 24.2. The van der Waals surface area contributed by atoms with Gasteiger partial charge in [-0.25, -0.2) is 23.7 Å². The Morgan fingerprint density at radius 3 is 2.71 bits per heavy atom.